The number of pyridine rings is 1. The first-order valence-corrected chi connectivity index (χ1v) is 10.9. The maximum absolute atomic E-state index is 15.3. The summed E-state index contributed by atoms with van der Waals surface area (Å²) in [6, 6.07) is 3.20. The van der Waals surface area contributed by atoms with Gasteiger partial charge in [-0.1, -0.05) is 6.92 Å². The highest BCUT2D eigenvalue weighted by atomic mass is 19.3. The van der Waals surface area contributed by atoms with Crippen molar-refractivity contribution in [1.82, 2.24) is 19.9 Å². The second kappa shape index (κ2) is 7.72. The molecule has 0 radical (unpaired) electrons. The van der Waals surface area contributed by atoms with Gasteiger partial charge in [-0.05, 0) is 38.1 Å². The smallest absolute Gasteiger partial charge is 0.266 e. The Morgan fingerprint density at radius 1 is 1.09 bits per heavy atom. The van der Waals surface area contributed by atoms with Gasteiger partial charge >= 0.3 is 0 Å². The molecule has 6 rings (SSSR count). The van der Waals surface area contributed by atoms with Gasteiger partial charge in [-0.15, -0.1) is 0 Å². The number of piperidine rings is 1. The van der Waals surface area contributed by atoms with Crippen molar-refractivity contribution in [3.05, 3.63) is 46.7 Å². The van der Waals surface area contributed by atoms with Gasteiger partial charge in [-0.25, -0.2) is 28.1 Å². The van der Waals surface area contributed by atoms with E-state index >= 15 is 4.39 Å². The molecular weight excluding hydrogens is 431 g/mol. The molecule has 3 aliphatic rings. The number of aromatic nitrogens is 3. The maximum Gasteiger partial charge on any atom is 0.266 e. The van der Waals surface area contributed by atoms with E-state index < -0.39 is 23.7 Å². The van der Waals surface area contributed by atoms with Gasteiger partial charge in [-0.2, -0.15) is 0 Å². The predicted molar refractivity (Wildman–Crippen MR) is 122 cm³/mol. The molecule has 3 aliphatic heterocycles. The number of aryl methyl sites for hydroxylation is 1. The molecule has 3 saturated heterocycles. The number of piperazine rings is 1. The normalized spacial score (nSPS) is 21.5. The Balaban J connectivity index is 1.72. The lowest BCUT2D eigenvalue weighted by atomic mass is 9.85. The van der Waals surface area contributed by atoms with Crippen LogP contribution < -0.4 is 16.4 Å². The van der Waals surface area contributed by atoms with Crippen LogP contribution in [0.2, 0.25) is 0 Å². The first-order valence-electron chi connectivity index (χ1n) is 10.9. The van der Waals surface area contributed by atoms with Crippen molar-refractivity contribution in [3.8, 4) is 0 Å². The molecule has 2 aromatic heterocycles. The Morgan fingerprint density at radius 3 is 2.39 bits per heavy atom. The zero-order chi connectivity index (χ0) is 23.6. The van der Waals surface area contributed by atoms with Crippen LogP contribution in [0.15, 0.2) is 18.3 Å². The zero-order valence-corrected chi connectivity index (χ0v) is 18.7. The number of anilines is 3. The molecule has 3 aromatic rings. The highest BCUT2D eigenvalue weighted by Crippen LogP contribution is 2.43. The summed E-state index contributed by atoms with van der Waals surface area (Å²) < 4.78 is 42.3. The van der Waals surface area contributed by atoms with Gasteiger partial charge in [0.15, 0.2) is 0 Å². The minimum atomic E-state index is -2.98. The summed E-state index contributed by atoms with van der Waals surface area (Å²) in [5, 5.41) is 0.561. The molecule has 3 atom stereocenters. The molecule has 174 valence electrons. The molecular formula is C23H26F3N7. The quantitative estimate of drug-likeness (QED) is 0.578. The minimum Gasteiger partial charge on any atom is -0.399 e. The summed E-state index contributed by atoms with van der Waals surface area (Å²) in [6.45, 7) is 5.01. The fraction of sp³-hybridized carbons (Fsp3) is 0.435. The van der Waals surface area contributed by atoms with Crippen LogP contribution in [0.5, 0.6) is 0 Å². The molecule has 33 heavy (non-hydrogen) atoms. The van der Waals surface area contributed by atoms with Gasteiger partial charge < -0.3 is 16.4 Å². The summed E-state index contributed by atoms with van der Waals surface area (Å²) in [5.41, 5.74) is 12.8. The maximum atomic E-state index is 15.3. The van der Waals surface area contributed by atoms with Gasteiger partial charge in [0.1, 0.15) is 23.3 Å². The number of halogens is 3. The molecule has 2 unspecified atom stereocenters. The monoisotopic (exact) mass is 457 g/mol. The molecule has 7 nitrogen and oxygen atoms in total. The second-order valence-electron chi connectivity index (χ2n) is 9.06. The molecule has 0 aliphatic carbocycles. The molecule has 3 fully saturated rings. The lowest BCUT2D eigenvalue weighted by Crippen LogP contribution is -2.67. The highest BCUT2D eigenvalue weighted by molar-refractivity contribution is 5.94. The Morgan fingerprint density at radius 2 is 1.76 bits per heavy atom. The number of nitrogens with two attached hydrogens (primary N) is 2. The fourth-order valence-corrected chi connectivity index (χ4v) is 5.25. The lowest BCUT2D eigenvalue weighted by molar-refractivity contribution is 0.0260. The lowest BCUT2D eigenvalue weighted by Gasteiger charge is -2.55. The van der Waals surface area contributed by atoms with E-state index in [0.29, 0.717) is 40.2 Å². The van der Waals surface area contributed by atoms with E-state index in [9.17, 15) is 8.78 Å². The van der Waals surface area contributed by atoms with E-state index in [1.54, 1.807) is 20.0 Å². The number of benzene rings is 1. The van der Waals surface area contributed by atoms with Crippen molar-refractivity contribution in [1.29, 1.82) is 0 Å². The molecule has 0 saturated carbocycles. The van der Waals surface area contributed by atoms with Crippen molar-refractivity contribution in [2.75, 3.05) is 36.5 Å². The number of rotatable bonds is 4. The van der Waals surface area contributed by atoms with Gasteiger partial charge in [-0.3, -0.25) is 4.90 Å². The van der Waals surface area contributed by atoms with Gasteiger partial charge in [0, 0.05) is 42.3 Å². The van der Waals surface area contributed by atoms with Crippen molar-refractivity contribution < 1.29 is 13.2 Å². The summed E-state index contributed by atoms with van der Waals surface area (Å²) in [5.74, 6) is -0.244. The number of hydrogen-bond acceptors (Lipinski definition) is 7. The fourth-order valence-electron chi connectivity index (χ4n) is 5.25. The third-order valence-corrected chi connectivity index (χ3v) is 7.04. The predicted octanol–water partition coefficient (Wildman–Crippen LogP) is 3.62. The second-order valence-corrected chi connectivity index (χ2v) is 9.06. The number of nitrogens with zero attached hydrogens (tertiary/aromatic N) is 5. The molecule has 2 bridgehead atoms. The van der Waals surface area contributed by atoms with E-state index in [-0.39, 0.29) is 17.1 Å². The standard InChI is InChI=1S/C23H26F3N7/c1-10(15-4-12(27)5-16(20(15)24)21(25)26)18-19-17(30-11(2)31-22(19)28)7-29-23(18)33-8-13-6-14(9-33)32(13)3/h4-5,7,10,13-14,21H,6,8-9,27H2,1-3H3,(H2,28,30,31)/t10-,13?,14?/m0/s1. The third-order valence-electron chi connectivity index (χ3n) is 7.04. The number of likely N-dealkylation sites (N-methyl/N-ethyl adjacent to an activating group) is 1. The molecule has 0 spiro atoms. The summed E-state index contributed by atoms with van der Waals surface area (Å²) in [4.78, 5) is 18.0. The largest absolute Gasteiger partial charge is 0.399 e. The Bertz CT molecular complexity index is 1240. The molecule has 5 heterocycles. The number of nitrogen functional groups attached to an aromatic ring is 2. The van der Waals surface area contributed by atoms with Crippen LogP contribution in [0.25, 0.3) is 10.9 Å². The summed E-state index contributed by atoms with van der Waals surface area (Å²) in [7, 11) is 2.11. The minimum absolute atomic E-state index is 0.0695. The van der Waals surface area contributed by atoms with Gasteiger partial charge in [0.2, 0.25) is 0 Å². The van der Waals surface area contributed by atoms with Crippen molar-refractivity contribution in [2.24, 2.45) is 0 Å². The van der Waals surface area contributed by atoms with Crippen LogP contribution in [-0.2, 0) is 0 Å². The van der Waals surface area contributed by atoms with Gasteiger partial charge in [0.25, 0.3) is 6.43 Å². The van der Waals surface area contributed by atoms with Crippen LogP contribution >= 0.6 is 0 Å². The SMILES string of the molecule is Cc1nc(N)c2c([C@@H](C)c3cc(N)cc(C(F)F)c3F)c(N3CC4CC(C3)N4C)ncc2n1. The first-order chi connectivity index (χ1) is 15.7. The van der Waals surface area contributed by atoms with Crippen LogP contribution in [0, 0.1) is 12.7 Å². The number of fused-ring (bicyclic) bond motifs is 3. The molecule has 10 heteroatoms. The Kier molecular flexibility index (Phi) is 5.08. The van der Waals surface area contributed by atoms with E-state index in [4.69, 9.17) is 16.5 Å². The van der Waals surface area contributed by atoms with Crippen LogP contribution in [0.3, 0.4) is 0 Å². The van der Waals surface area contributed by atoms with Crippen LogP contribution in [-0.4, -0.2) is 52.1 Å². The van der Waals surface area contributed by atoms with E-state index in [0.717, 1.165) is 25.6 Å². The summed E-state index contributed by atoms with van der Waals surface area (Å²) >= 11 is 0. The van der Waals surface area contributed by atoms with Crippen molar-refractivity contribution in [3.63, 3.8) is 0 Å². The first kappa shape index (κ1) is 21.7. The number of hydrogen-bond donors (Lipinski definition) is 2. The average Bonchev–Trinajstić information content (AvgIpc) is 2.78. The van der Waals surface area contributed by atoms with Crippen molar-refractivity contribution >= 4 is 28.2 Å². The zero-order valence-electron chi connectivity index (χ0n) is 18.7. The van der Waals surface area contributed by atoms with E-state index in [1.165, 1.54) is 6.07 Å². The van der Waals surface area contributed by atoms with Crippen LogP contribution in [0.4, 0.5) is 30.5 Å². The summed E-state index contributed by atoms with van der Waals surface area (Å²) in [6.07, 6.45) is -0.210. The average molecular weight is 458 g/mol. The molecule has 1 aromatic carbocycles. The molecule has 0 amide bonds. The van der Waals surface area contributed by atoms with Gasteiger partial charge in [0.05, 0.1) is 22.7 Å². The Hall–Kier alpha value is -3.14. The Labute approximate surface area is 189 Å². The number of alkyl halides is 2. The third kappa shape index (κ3) is 3.43. The van der Waals surface area contributed by atoms with Crippen molar-refractivity contribution in [2.45, 2.75) is 44.7 Å². The van der Waals surface area contributed by atoms with E-state index in [2.05, 4.69) is 26.8 Å². The van der Waals surface area contributed by atoms with Crippen LogP contribution in [0.1, 0.15) is 48.2 Å². The van der Waals surface area contributed by atoms with E-state index in [1.807, 2.05) is 0 Å². The highest BCUT2D eigenvalue weighted by Gasteiger charge is 2.43. The topological polar surface area (TPSA) is 97.2 Å². The molecule has 4 N–H and O–H groups in total.